The SMILES string of the molecule is COCCOc1ccc(N2CCN(CCn3ncc4c3nc(N)n3c(=O)n(Cc5cccc(C)c5)nc43)CC2)cc1. The lowest BCUT2D eigenvalue weighted by Crippen LogP contribution is -2.47. The molecule has 0 bridgehead atoms. The molecule has 12 heteroatoms. The van der Waals surface area contributed by atoms with Crippen LogP contribution in [0, 0.1) is 6.92 Å². The Labute approximate surface area is 237 Å². The Hall–Kier alpha value is -4.42. The smallest absolute Gasteiger partial charge is 0.353 e. The first kappa shape index (κ1) is 26.8. The van der Waals surface area contributed by atoms with Gasteiger partial charge in [-0.05, 0) is 36.8 Å². The van der Waals surface area contributed by atoms with Gasteiger partial charge in [0, 0.05) is 45.5 Å². The number of nitrogen functional groups attached to an aromatic ring is 1. The van der Waals surface area contributed by atoms with E-state index < -0.39 is 0 Å². The second-order valence-corrected chi connectivity index (χ2v) is 10.3. The van der Waals surface area contributed by atoms with Crippen LogP contribution in [0.3, 0.4) is 0 Å². The number of rotatable bonds is 10. The second kappa shape index (κ2) is 11.6. The molecule has 1 aliphatic heterocycles. The van der Waals surface area contributed by atoms with Crippen molar-refractivity contribution in [1.29, 1.82) is 0 Å². The molecule has 1 saturated heterocycles. The first-order chi connectivity index (χ1) is 20.0. The molecule has 0 spiro atoms. The maximum absolute atomic E-state index is 13.1. The minimum Gasteiger partial charge on any atom is -0.491 e. The summed E-state index contributed by atoms with van der Waals surface area (Å²) in [6.07, 6.45) is 1.72. The summed E-state index contributed by atoms with van der Waals surface area (Å²) in [5.41, 5.74) is 10.4. The standard InChI is InChI=1S/C29H35N9O3/c1-21-4-3-5-22(18-21)20-37-29(39)38-27(33-37)25-19-31-36(26(25)32-28(38)30)15-12-34-10-13-35(14-11-34)23-6-8-24(9-7-23)41-17-16-40-2/h3-9,18-19H,10-17,20H2,1-2H3,(H2,30,32). The van der Waals surface area contributed by atoms with Gasteiger partial charge >= 0.3 is 5.69 Å². The number of aryl methyl sites for hydroxylation is 1. The topological polar surface area (TPSA) is 121 Å². The predicted molar refractivity (Wildman–Crippen MR) is 158 cm³/mol. The lowest BCUT2D eigenvalue weighted by Gasteiger charge is -2.36. The fraction of sp³-hybridized carbons (Fsp3) is 0.379. The molecule has 5 aromatic rings. The number of piperazine rings is 1. The van der Waals surface area contributed by atoms with Gasteiger partial charge < -0.3 is 20.1 Å². The average molecular weight is 558 g/mol. The molecule has 214 valence electrons. The third kappa shape index (κ3) is 5.61. The zero-order chi connectivity index (χ0) is 28.3. The molecular weight excluding hydrogens is 522 g/mol. The van der Waals surface area contributed by atoms with E-state index in [1.807, 2.05) is 48.0 Å². The van der Waals surface area contributed by atoms with Crippen molar-refractivity contribution in [2.75, 3.05) is 63.7 Å². The highest BCUT2D eigenvalue weighted by Gasteiger charge is 2.20. The zero-order valence-electron chi connectivity index (χ0n) is 23.4. The summed E-state index contributed by atoms with van der Waals surface area (Å²) in [5, 5.41) is 9.90. The van der Waals surface area contributed by atoms with Gasteiger partial charge in [0.25, 0.3) is 0 Å². The summed E-state index contributed by atoms with van der Waals surface area (Å²) in [6.45, 7) is 8.77. The molecule has 0 atom stereocenters. The molecule has 0 aliphatic carbocycles. The summed E-state index contributed by atoms with van der Waals surface area (Å²) >= 11 is 0. The molecule has 41 heavy (non-hydrogen) atoms. The van der Waals surface area contributed by atoms with Gasteiger partial charge in [0.2, 0.25) is 5.95 Å². The van der Waals surface area contributed by atoms with Crippen LogP contribution in [0.25, 0.3) is 16.7 Å². The van der Waals surface area contributed by atoms with E-state index in [0.717, 1.165) is 49.6 Å². The molecule has 6 rings (SSSR count). The highest BCUT2D eigenvalue weighted by atomic mass is 16.5. The molecule has 2 N–H and O–H groups in total. The van der Waals surface area contributed by atoms with Crippen LogP contribution in [0.5, 0.6) is 5.75 Å². The highest BCUT2D eigenvalue weighted by Crippen LogP contribution is 2.22. The Bertz CT molecular complexity index is 1700. The molecular formula is C29H35N9O3. The van der Waals surface area contributed by atoms with E-state index in [-0.39, 0.29) is 11.6 Å². The number of methoxy groups -OCH3 is 1. The minimum atomic E-state index is -0.313. The number of hydrogen-bond acceptors (Lipinski definition) is 9. The van der Waals surface area contributed by atoms with Crippen LogP contribution >= 0.6 is 0 Å². The normalized spacial score (nSPS) is 14.3. The zero-order valence-corrected chi connectivity index (χ0v) is 23.4. The Morgan fingerprint density at radius 2 is 1.76 bits per heavy atom. The van der Waals surface area contributed by atoms with Crippen LogP contribution in [0.4, 0.5) is 11.6 Å². The van der Waals surface area contributed by atoms with Gasteiger partial charge in [-0.3, -0.25) is 4.90 Å². The largest absolute Gasteiger partial charge is 0.491 e. The van der Waals surface area contributed by atoms with Crippen LogP contribution in [-0.4, -0.2) is 86.9 Å². The monoisotopic (exact) mass is 557 g/mol. The van der Waals surface area contributed by atoms with Gasteiger partial charge in [0.15, 0.2) is 11.3 Å². The number of aromatic nitrogens is 6. The molecule has 1 fully saturated rings. The fourth-order valence-corrected chi connectivity index (χ4v) is 5.31. The number of fused-ring (bicyclic) bond motifs is 3. The molecule has 3 aromatic heterocycles. The lowest BCUT2D eigenvalue weighted by atomic mass is 10.1. The van der Waals surface area contributed by atoms with Gasteiger partial charge in [-0.25, -0.2) is 18.6 Å². The van der Waals surface area contributed by atoms with E-state index in [2.05, 4.69) is 37.1 Å². The number of benzene rings is 2. The van der Waals surface area contributed by atoms with Crippen LogP contribution in [-0.2, 0) is 17.8 Å². The van der Waals surface area contributed by atoms with Crippen molar-refractivity contribution in [2.24, 2.45) is 0 Å². The maximum atomic E-state index is 13.1. The third-order valence-electron chi connectivity index (χ3n) is 7.51. The van der Waals surface area contributed by atoms with Crippen molar-refractivity contribution < 1.29 is 9.47 Å². The molecule has 1 aliphatic rings. The van der Waals surface area contributed by atoms with Gasteiger partial charge in [0.1, 0.15) is 12.4 Å². The number of nitrogens with zero attached hydrogens (tertiary/aromatic N) is 8. The van der Waals surface area contributed by atoms with Crippen molar-refractivity contribution in [3.63, 3.8) is 0 Å². The van der Waals surface area contributed by atoms with E-state index in [0.29, 0.717) is 43.0 Å². The van der Waals surface area contributed by atoms with Crippen molar-refractivity contribution in [2.45, 2.75) is 20.0 Å². The molecule has 2 aromatic carbocycles. The van der Waals surface area contributed by atoms with Gasteiger partial charge in [-0.15, -0.1) is 5.10 Å². The van der Waals surface area contributed by atoms with E-state index in [9.17, 15) is 4.79 Å². The molecule has 0 amide bonds. The van der Waals surface area contributed by atoms with E-state index >= 15 is 0 Å². The summed E-state index contributed by atoms with van der Waals surface area (Å²) in [5.74, 6) is 0.962. The summed E-state index contributed by atoms with van der Waals surface area (Å²) in [6, 6.07) is 16.3. The Morgan fingerprint density at radius 1 is 0.951 bits per heavy atom. The summed E-state index contributed by atoms with van der Waals surface area (Å²) in [4.78, 5) is 22.5. The van der Waals surface area contributed by atoms with E-state index in [4.69, 9.17) is 15.2 Å². The fourth-order valence-electron chi connectivity index (χ4n) is 5.31. The Balaban J connectivity index is 1.10. The molecule has 0 saturated carbocycles. The predicted octanol–water partition coefficient (Wildman–Crippen LogP) is 2.03. The van der Waals surface area contributed by atoms with Crippen molar-refractivity contribution >= 4 is 28.3 Å². The molecule has 0 radical (unpaired) electrons. The van der Waals surface area contributed by atoms with Gasteiger partial charge in [-0.1, -0.05) is 29.8 Å². The number of nitrogens with two attached hydrogens (primary N) is 1. The number of ether oxygens (including phenoxy) is 2. The van der Waals surface area contributed by atoms with Crippen LogP contribution < -0.4 is 21.1 Å². The minimum absolute atomic E-state index is 0.110. The first-order valence-electron chi connectivity index (χ1n) is 13.9. The number of hydrogen-bond donors (Lipinski definition) is 1. The highest BCUT2D eigenvalue weighted by molar-refractivity contribution is 5.89. The van der Waals surface area contributed by atoms with Crippen molar-refractivity contribution in [1.82, 2.24) is 33.8 Å². The Morgan fingerprint density at radius 3 is 2.51 bits per heavy atom. The summed E-state index contributed by atoms with van der Waals surface area (Å²) < 4.78 is 15.4. The van der Waals surface area contributed by atoms with Gasteiger partial charge in [0.05, 0.1) is 31.3 Å². The average Bonchev–Trinajstić information content (AvgIpc) is 3.53. The van der Waals surface area contributed by atoms with Gasteiger partial charge in [-0.2, -0.15) is 10.1 Å². The number of anilines is 2. The van der Waals surface area contributed by atoms with Crippen LogP contribution in [0.1, 0.15) is 11.1 Å². The van der Waals surface area contributed by atoms with E-state index in [1.165, 1.54) is 14.8 Å². The quantitative estimate of drug-likeness (QED) is 0.257. The van der Waals surface area contributed by atoms with Crippen LogP contribution in [0.15, 0.2) is 59.5 Å². The third-order valence-corrected chi connectivity index (χ3v) is 7.51. The first-order valence-corrected chi connectivity index (χ1v) is 13.9. The molecule has 4 heterocycles. The van der Waals surface area contributed by atoms with Crippen molar-refractivity contribution in [3.05, 3.63) is 76.3 Å². The van der Waals surface area contributed by atoms with Crippen molar-refractivity contribution in [3.8, 4) is 5.75 Å². The van der Waals surface area contributed by atoms with E-state index in [1.54, 1.807) is 13.3 Å². The summed E-state index contributed by atoms with van der Waals surface area (Å²) in [7, 11) is 1.67. The Kier molecular flexibility index (Phi) is 7.57. The molecule has 12 nitrogen and oxygen atoms in total. The maximum Gasteiger partial charge on any atom is 0.353 e. The second-order valence-electron chi connectivity index (χ2n) is 10.3. The van der Waals surface area contributed by atoms with Crippen LogP contribution in [0.2, 0.25) is 0 Å². The lowest BCUT2D eigenvalue weighted by molar-refractivity contribution is 0.146. The molecule has 0 unspecified atom stereocenters.